The molecule has 1 atom stereocenters. The Balaban J connectivity index is 2.77. The van der Waals surface area contributed by atoms with Crippen LogP contribution in [0.25, 0.3) is 0 Å². The van der Waals surface area contributed by atoms with Crippen LogP contribution in [0.5, 0.6) is 0 Å². The molecule has 0 aliphatic rings. The first-order valence-corrected chi connectivity index (χ1v) is 6.27. The summed E-state index contributed by atoms with van der Waals surface area (Å²) in [6, 6.07) is 6.84. The Labute approximate surface area is 107 Å². The van der Waals surface area contributed by atoms with Crippen LogP contribution in [0.2, 0.25) is 0 Å². The Hall–Kier alpha value is -1.46. The van der Waals surface area contributed by atoms with Gasteiger partial charge < -0.3 is 10.4 Å². The van der Waals surface area contributed by atoms with Crippen molar-refractivity contribution in [2.45, 2.75) is 32.2 Å². The van der Waals surface area contributed by atoms with Gasteiger partial charge in [0.1, 0.15) is 0 Å². The van der Waals surface area contributed by atoms with Gasteiger partial charge in [-0.15, -0.1) is 0 Å². The van der Waals surface area contributed by atoms with Gasteiger partial charge in [0.05, 0.1) is 4.92 Å². The maximum absolute atomic E-state index is 10.7. The molecule has 1 rings (SSSR count). The summed E-state index contributed by atoms with van der Waals surface area (Å²) in [7, 11) is 0. The van der Waals surface area contributed by atoms with Crippen molar-refractivity contribution in [1.29, 1.82) is 0 Å². The van der Waals surface area contributed by atoms with Gasteiger partial charge in [-0.2, -0.15) is 0 Å². The lowest BCUT2D eigenvalue weighted by Gasteiger charge is -2.18. The van der Waals surface area contributed by atoms with E-state index in [9.17, 15) is 10.1 Å². The van der Waals surface area contributed by atoms with E-state index in [1.807, 2.05) is 6.07 Å². The van der Waals surface area contributed by atoms with E-state index in [2.05, 4.69) is 12.2 Å². The molecule has 1 unspecified atom stereocenters. The number of benzene rings is 1. The highest BCUT2D eigenvalue weighted by atomic mass is 16.6. The standard InChI is InChI=1S/C13H20N2O3/c1-2-5-13(14-8-4-9-16)11-6-3-7-12(10-11)15(17)18/h3,6-7,10,13-14,16H,2,4-5,8-9H2,1H3. The Morgan fingerprint density at radius 3 is 2.89 bits per heavy atom. The van der Waals surface area contributed by atoms with E-state index in [1.165, 1.54) is 6.07 Å². The molecule has 0 aromatic heterocycles. The molecule has 100 valence electrons. The topological polar surface area (TPSA) is 75.4 Å². The molecule has 0 saturated carbocycles. The minimum absolute atomic E-state index is 0.112. The van der Waals surface area contributed by atoms with Crippen LogP contribution in [-0.4, -0.2) is 23.2 Å². The molecule has 0 saturated heterocycles. The Morgan fingerprint density at radius 2 is 2.28 bits per heavy atom. The number of non-ortho nitro benzene ring substituents is 1. The largest absolute Gasteiger partial charge is 0.396 e. The summed E-state index contributed by atoms with van der Waals surface area (Å²) in [4.78, 5) is 10.4. The van der Waals surface area contributed by atoms with Crippen molar-refractivity contribution in [3.63, 3.8) is 0 Å². The second-order valence-corrected chi connectivity index (χ2v) is 4.22. The first-order valence-electron chi connectivity index (χ1n) is 6.27. The number of nitro benzene ring substituents is 1. The lowest BCUT2D eigenvalue weighted by Crippen LogP contribution is -2.23. The van der Waals surface area contributed by atoms with E-state index in [1.54, 1.807) is 12.1 Å². The molecule has 18 heavy (non-hydrogen) atoms. The second kappa shape index (κ2) is 7.79. The lowest BCUT2D eigenvalue weighted by atomic mass is 10.0. The molecule has 0 bridgehead atoms. The fourth-order valence-electron chi connectivity index (χ4n) is 1.89. The van der Waals surface area contributed by atoms with Crippen LogP contribution in [0.3, 0.4) is 0 Å². The van der Waals surface area contributed by atoms with Crippen LogP contribution < -0.4 is 5.32 Å². The number of hydrogen-bond acceptors (Lipinski definition) is 4. The normalized spacial score (nSPS) is 12.3. The molecule has 5 heteroatoms. The molecule has 0 radical (unpaired) electrons. The van der Waals surface area contributed by atoms with Gasteiger partial charge in [0.15, 0.2) is 0 Å². The molecule has 0 heterocycles. The third-order valence-electron chi connectivity index (χ3n) is 2.79. The molecular weight excluding hydrogens is 232 g/mol. The summed E-state index contributed by atoms with van der Waals surface area (Å²) in [5.41, 5.74) is 1.06. The van der Waals surface area contributed by atoms with Gasteiger partial charge in [0, 0.05) is 24.8 Å². The van der Waals surface area contributed by atoms with Crippen LogP contribution in [0.1, 0.15) is 37.8 Å². The van der Waals surface area contributed by atoms with Gasteiger partial charge in [-0.3, -0.25) is 10.1 Å². The second-order valence-electron chi connectivity index (χ2n) is 4.22. The average molecular weight is 252 g/mol. The minimum Gasteiger partial charge on any atom is -0.396 e. The van der Waals surface area contributed by atoms with Crippen molar-refractivity contribution in [2.75, 3.05) is 13.2 Å². The highest BCUT2D eigenvalue weighted by Gasteiger charge is 2.13. The fraction of sp³-hybridized carbons (Fsp3) is 0.538. The summed E-state index contributed by atoms with van der Waals surface area (Å²) >= 11 is 0. The first-order chi connectivity index (χ1) is 8.69. The van der Waals surface area contributed by atoms with Crippen molar-refractivity contribution >= 4 is 5.69 Å². The molecule has 0 fully saturated rings. The van der Waals surface area contributed by atoms with E-state index >= 15 is 0 Å². The number of aliphatic hydroxyl groups excluding tert-OH is 1. The zero-order chi connectivity index (χ0) is 13.4. The number of hydrogen-bond donors (Lipinski definition) is 2. The highest BCUT2D eigenvalue weighted by molar-refractivity contribution is 5.35. The summed E-state index contributed by atoms with van der Waals surface area (Å²) in [5.74, 6) is 0. The van der Waals surface area contributed by atoms with Crippen LogP contribution in [0.4, 0.5) is 5.69 Å². The summed E-state index contributed by atoms with van der Waals surface area (Å²) in [5, 5.41) is 22.8. The summed E-state index contributed by atoms with van der Waals surface area (Å²) < 4.78 is 0. The van der Waals surface area contributed by atoms with E-state index in [-0.39, 0.29) is 23.3 Å². The van der Waals surface area contributed by atoms with Gasteiger partial charge in [-0.1, -0.05) is 25.5 Å². The monoisotopic (exact) mass is 252 g/mol. The van der Waals surface area contributed by atoms with Gasteiger partial charge in [-0.05, 0) is 24.9 Å². The molecule has 0 aliphatic carbocycles. The molecular formula is C13H20N2O3. The molecule has 0 spiro atoms. The van der Waals surface area contributed by atoms with Crippen LogP contribution in [-0.2, 0) is 0 Å². The summed E-state index contributed by atoms with van der Waals surface area (Å²) in [6.45, 7) is 2.95. The predicted molar refractivity (Wildman–Crippen MR) is 70.5 cm³/mol. The third-order valence-corrected chi connectivity index (χ3v) is 2.79. The van der Waals surface area contributed by atoms with Gasteiger partial charge in [0.25, 0.3) is 5.69 Å². The van der Waals surface area contributed by atoms with Crippen LogP contribution in [0, 0.1) is 10.1 Å². The van der Waals surface area contributed by atoms with E-state index in [0.717, 1.165) is 18.4 Å². The Kier molecular flexibility index (Phi) is 6.32. The quantitative estimate of drug-likeness (QED) is 0.423. The number of nitrogens with zero attached hydrogens (tertiary/aromatic N) is 1. The maximum atomic E-state index is 10.7. The number of aliphatic hydroxyl groups is 1. The number of rotatable bonds is 8. The van der Waals surface area contributed by atoms with Crippen molar-refractivity contribution in [3.05, 3.63) is 39.9 Å². The van der Waals surface area contributed by atoms with E-state index in [0.29, 0.717) is 13.0 Å². The summed E-state index contributed by atoms with van der Waals surface area (Å²) in [6.07, 6.45) is 2.61. The Morgan fingerprint density at radius 1 is 1.50 bits per heavy atom. The SMILES string of the molecule is CCCC(NCCCO)c1cccc([N+](=O)[O-])c1. The first kappa shape index (κ1) is 14.6. The van der Waals surface area contributed by atoms with Crippen molar-refractivity contribution in [1.82, 2.24) is 5.32 Å². The van der Waals surface area contributed by atoms with Gasteiger partial charge >= 0.3 is 0 Å². The van der Waals surface area contributed by atoms with Crippen molar-refractivity contribution in [3.8, 4) is 0 Å². The van der Waals surface area contributed by atoms with E-state index < -0.39 is 0 Å². The van der Waals surface area contributed by atoms with Crippen molar-refractivity contribution < 1.29 is 10.0 Å². The van der Waals surface area contributed by atoms with E-state index in [4.69, 9.17) is 5.11 Å². The van der Waals surface area contributed by atoms with Crippen LogP contribution in [0.15, 0.2) is 24.3 Å². The lowest BCUT2D eigenvalue weighted by molar-refractivity contribution is -0.384. The third kappa shape index (κ3) is 4.43. The zero-order valence-corrected chi connectivity index (χ0v) is 10.6. The predicted octanol–water partition coefficient (Wildman–Crippen LogP) is 2.41. The average Bonchev–Trinajstić information content (AvgIpc) is 2.38. The highest BCUT2D eigenvalue weighted by Crippen LogP contribution is 2.22. The number of nitrogens with one attached hydrogen (secondary N) is 1. The van der Waals surface area contributed by atoms with Gasteiger partial charge in [-0.25, -0.2) is 0 Å². The Bertz CT molecular complexity index is 382. The molecule has 1 aromatic rings. The van der Waals surface area contributed by atoms with Crippen molar-refractivity contribution in [2.24, 2.45) is 0 Å². The molecule has 0 aliphatic heterocycles. The molecule has 5 nitrogen and oxygen atoms in total. The molecule has 2 N–H and O–H groups in total. The maximum Gasteiger partial charge on any atom is 0.269 e. The fourth-order valence-corrected chi connectivity index (χ4v) is 1.89. The zero-order valence-electron chi connectivity index (χ0n) is 10.6. The number of nitro groups is 1. The minimum atomic E-state index is -0.375. The smallest absolute Gasteiger partial charge is 0.269 e. The molecule has 0 amide bonds. The van der Waals surface area contributed by atoms with Crippen LogP contribution >= 0.6 is 0 Å². The molecule has 1 aromatic carbocycles. The van der Waals surface area contributed by atoms with Gasteiger partial charge in [0.2, 0.25) is 0 Å².